The molecule has 1 N–H and O–H groups in total. The van der Waals surface area contributed by atoms with Gasteiger partial charge in [0.15, 0.2) is 0 Å². The van der Waals surface area contributed by atoms with E-state index in [2.05, 4.69) is 20.1 Å². The minimum absolute atomic E-state index is 0.000559. The van der Waals surface area contributed by atoms with Crippen molar-refractivity contribution in [2.24, 2.45) is 11.8 Å². The lowest BCUT2D eigenvalue weighted by Crippen LogP contribution is -2.58. The van der Waals surface area contributed by atoms with Gasteiger partial charge >= 0.3 is 5.97 Å². The van der Waals surface area contributed by atoms with Crippen LogP contribution in [0, 0.1) is 11.8 Å². The molecular formula is C25H38N2O5S. The Bertz CT molecular complexity index is 789. The van der Waals surface area contributed by atoms with Crippen molar-refractivity contribution in [3.63, 3.8) is 0 Å². The van der Waals surface area contributed by atoms with Gasteiger partial charge in [-0.2, -0.15) is 0 Å². The van der Waals surface area contributed by atoms with Crippen LogP contribution in [-0.2, 0) is 19.1 Å². The molecule has 7 nitrogen and oxygen atoms in total. The number of nitrogens with zero attached hydrogens (tertiary/aromatic N) is 2. The van der Waals surface area contributed by atoms with E-state index in [9.17, 15) is 19.5 Å². The summed E-state index contributed by atoms with van der Waals surface area (Å²) >= 11 is 1.62. The first kappa shape index (κ1) is 25.8. The molecule has 3 rings (SSSR count). The van der Waals surface area contributed by atoms with Gasteiger partial charge in [0.1, 0.15) is 6.04 Å². The lowest BCUT2D eigenvalue weighted by Gasteiger charge is -2.40. The summed E-state index contributed by atoms with van der Waals surface area (Å²) in [4.78, 5) is 44.3. The zero-order valence-electron chi connectivity index (χ0n) is 20.1. The quantitative estimate of drug-likeness (QED) is 0.264. The second-order valence-electron chi connectivity index (χ2n) is 9.49. The molecule has 2 bridgehead atoms. The summed E-state index contributed by atoms with van der Waals surface area (Å²) in [5.41, 5.74) is 0. The topological polar surface area (TPSA) is 87.1 Å². The van der Waals surface area contributed by atoms with Crippen LogP contribution in [0.1, 0.15) is 52.9 Å². The van der Waals surface area contributed by atoms with E-state index in [0.29, 0.717) is 19.4 Å². The van der Waals surface area contributed by atoms with Crippen LogP contribution < -0.4 is 0 Å². The van der Waals surface area contributed by atoms with E-state index in [-0.39, 0.29) is 42.3 Å². The molecule has 0 saturated carbocycles. The molecule has 3 fully saturated rings. The molecule has 8 heteroatoms. The number of esters is 1. The number of rotatable bonds is 12. The zero-order valence-corrected chi connectivity index (χ0v) is 20.9. The van der Waals surface area contributed by atoms with Crippen LogP contribution in [0.3, 0.4) is 0 Å². The highest BCUT2D eigenvalue weighted by Crippen LogP contribution is 2.66. The van der Waals surface area contributed by atoms with Crippen LogP contribution in [0.15, 0.2) is 25.3 Å². The van der Waals surface area contributed by atoms with E-state index >= 15 is 0 Å². The second kappa shape index (κ2) is 10.6. The Hall–Kier alpha value is -1.80. The molecule has 3 heterocycles. The zero-order chi connectivity index (χ0) is 24.3. The second-order valence-corrected chi connectivity index (χ2v) is 11.1. The number of ether oxygens (including phenoxy) is 1. The molecule has 3 unspecified atom stereocenters. The predicted octanol–water partition coefficient (Wildman–Crippen LogP) is 2.78. The van der Waals surface area contributed by atoms with Crippen LogP contribution >= 0.6 is 11.8 Å². The number of hydrogen-bond donors (Lipinski definition) is 1. The van der Waals surface area contributed by atoms with Gasteiger partial charge in [-0.15, -0.1) is 24.9 Å². The smallest absolute Gasteiger partial charge is 0.310 e. The van der Waals surface area contributed by atoms with E-state index in [1.807, 2.05) is 11.8 Å². The van der Waals surface area contributed by atoms with Crippen molar-refractivity contribution in [1.29, 1.82) is 0 Å². The van der Waals surface area contributed by atoms with Crippen molar-refractivity contribution >= 4 is 29.5 Å². The van der Waals surface area contributed by atoms with Gasteiger partial charge in [0.2, 0.25) is 11.8 Å². The number of hydrogen-bond acceptors (Lipinski definition) is 6. The van der Waals surface area contributed by atoms with Gasteiger partial charge < -0.3 is 19.6 Å². The van der Waals surface area contributed by atoms with Crippen molar-refractivity contribution < 1.29 is 24.2 Å². The van der Waals surface area contributed by atoms with Gasteiger partial charge in [-0.3, -0.25) is 14.4 Å². The molecule has 0 aromatic carbocycles. The third-order valence-electron chi connectivity index (χ3n) is 7.40. The molecular weight excluding hydrogens is 440 g/mol. The highest BCUT2D eigenvalue weighted by Gasteiger charge is 2.74. The van der Waals surface area contributed by atoms with E-state index in [0.717, 1.165) is 19.3 Å². The van der Waals surface area contributed by atoms with Gasteiger partial charge in [-0.25, -0.2) is 0 Å². The Morgan fingerprint density at radius 2 is 2.09 bits per heavy atom. The average Bonchev–Trinajstić information content (AvgIpc) is 3.44. The highest BCUT2D eigenvalue weighted by molar-refractivity contribution is 8.02. The maximum atomic E-state index is 14.1. The first-order valence-electron chi connectivity index (χ1n) is 12.1. The number of aliphatic hydroxyl groups is 1. The minimum Gasteiger partial charge on any atom is -0.465 e. The van der Waals surface area contributed by atoms with Crippen LogP contribution in [0.5, 0.6) is 0 Å². The number of amides is 2. The summed E-state index contributed by atoms with van der Waals surface area (Å²) in [5.74, 6) is -1.85. The predicted molar refractivity (Wildman–Crippen MR) is 130 cm³/mol. The molecule has 0 radical (unpaired) electrons. The SMILES string of the molecule is C=CCCOC(=O)[C@@H]1[C@H]2C(=O)N([C@H](C)CO)C(C(=O)N(CC=C)C(C)CCC)C23CC[C@H]1S3. The summed E-state index contributed by atoms with van der Waals surface area (Å²) in [6.07, 6.45) is 7.22. The van der Waals surface area contributed by atoms with Crippen LogP contribution in [0.25, 0.3) is 0 Å². The lowest BCUT2D eigenvalue weighted by atomic mass is 9.71. The molecule has 33 heavy (non-hydrogen) atoms. The van der Waals surface area contributed by atoms with Crippen LogP contribution in [-0.4, -0.2) is 80.6 Å². The monoisotopic (exact) mass is 478 g/mol. The van der Waals surface area contributed by atoms with Gasteiger partial charge in [0.25, 0.3) is 0 Å². The van der Waals surface area contributed by atoms with Gasteiger partial charge in [-0.05, 0) is 39.5 Å². The van der Waals surface area contributed by atoms with Crippen LogP contribution in [0.2, 0.25) is 0 Å². The largest absolute Gasteiger partial charge is 0.465 e. The van der Waals surface area contributed by atoms with Crippen molar-refractivity contribution in [2.75, 3.05) is 19.8 Å². The van der Waals surface area contributed by atoms with Crippen molar-refractivity contribution in [2.45, 2.75) is 81.0 Å². The number of likely N-dealkylation sites (tertiary alicyclic amines) is 1. The van der Waals surface area contributed by atoms with E-state index in [4.69, 9.17) is 4.74 Å². The first-order valence-corrected chi connectivity index (χ1v) is 13.0. The number of fused-ring (bicyclic) bond motifs is 1. The summed E-state index contributed by atoms with van der Waals surface area (Å²) in [6.45, 7) is 13.7. The van der Waals surface area contributed by atoms with E-state index in [1.165, 1.54) is 0 Å². The Morgan fingerprint density at radius 3 is 2.70 bits per heavy atom. The van der Waals surface area contributed by atoms with Gasteiger partial charge in [-0.1, -0.05) is 25.5 Å². The van der Waals surface area contributed by atoms with E-state index in [1.54, 1.807) is 35.7 Å². The lowest BCUT2D eigenvalue weighted by molar-refractivity contribution is -0.154. The normalized spacial score (nSPS) is 31.8. The van der Waals surface area contributed by atoms with Gasteiger partial charge in [0, 0.05) is 17.8 Å². The van der Waals surface area contributed by atoms with Crippen molar-refractivity contribution in [3.05, 3.63) is 25.3 Å². The highest BCUT2D eigenvalue weighted by atomic mass is 32.2. The van der Waals surface area contributed by atoms with Crippen molar-refractivity contribution in [3.8, 4) is 0 Å². The molecule has 3 aliphatic heterocycles. The average molecular weight is 479 g/mol. The Kier molecular flexibility index (Phi) is 8.32. The standard InChI is InChI=1S/C25H38N2O5S/c1-6-9-14-32-24(31)19-18-11-12-25(33-18)20(19)22(29)27(17(5)15-28)21(25)23(30)26(13-8-3)16(4)10-7-2/h6,8,16-21,28H,1,3,7,9-15H2,2,4-5H3/t16?,17-,18-,19+,20+,21?,25?/m1/s1. The molecule has 7 atom stereocenters. The first-order chi connectivity index (χ1) is 15.8. The summed E-state index contributed by atoms with van der Waals surface area (Å²) in [7, 11) is 0. The summed E-state index contributed by atoms with van der Waals surface area (Å²) < 4.78 is 4.82. The third-order valence-corrected chi connectivity index (χ3v) is 9.35. The number of thioether (sulfide) groups is 1. The summed E-state index contributed by atoms with van der Waals surface area (Å²) in [5, 5.41) is 9.92. The molecule has 0 aliphatic carbocycles. The maximum Gasteiger partial charge on any atom is 0.310 e. The molecule has 0 aromatic rings. The number of carbonyl (C=O) groups is 3. The van der Waals surface area contributed by atoms with E-state index < -0.39 is 28.7 Å². The Morgan fingerprint density at radius 1 is 1.36 bits per heavy atom. The number of aliphatic hydroxyl groups excluding tert-OH is 1. The Balaban J connectivity index is 2.00. The molecule has 1 spiro atoms. The number of carbonyl (C=O) groups excluding carboxylic acids is 3. The minimum atomic E-state index is -0.711. The third kappa shape index (κ3) is 4.36. The molecule has 0 aromatic heterocycles. The summed E-state index contributed by atoms with van der Waals surface area (Å²) in [6, 6.07) is -1.23. The Labute approximate surface area is 201 Å². The fourth-order valence-electron chi connectivity index (χ4n) is 5.90. The fourth-order valence-corrected chi connectivity index (χ4v) is 8.08. The molecule has 3 aliphatic rings. The maximum absolute atomic E-state index is 14.1. The van der Waals surface area contributed by atoms with Crippen molar-refractivity contribution in [1.82, 2.24) is 9.80 Å². The fraction of sp³-hybridized carbons (Fsp3) is 0.720. The van der Waals surface area contributed by atoms with Crippen LogP contribution in [0.4, 0.5) is 0 Å². The molecule has 184 valence electrons. The molecule has 2 amide bonds. The van der Waals surface area contributed by atoms with Gasteiger partial charge in [0.05, 0.1) is 35.8 Å². The molecule has 3 saturated heterocycles.